The predicted octanol–water partition coefficient (Wildman–Crippen LogP) is 1.89. The zero-order valence-corrected chi connectivity index (χ0v) is 7.56. The van der Waals surface area contributed by atoms with E-state index in [-0.39, 0.29) is 5.97 Å². The van der Waals surface area contributed by atoms with Crippen LogP contribution < -0.4 is 0 Å². The molecule has 0 heterocycles. The fourth-order valence-corrected chi connectivity index (χ4v) is 0.716. The van der Waals surface area contributed by atoms with Gasteiger partial charge in [-0.25, -0.2) is 0 Å². The molecule has 0 aromatic heterocycles. The maximum atomic E-state index is 10.2. The second-order valence-electron chi connectivity index (χ2n) is 1.75. The largest absolute Gasteiger partial charge is 0.466 e. The van der Waals surface area contributed by atoms with E-state index < -0.39 is 0 Å². The Morgan fingerprint density at radius 2 is 2.30 bits per heavy atom. The van der Waals surface area contributed by atoms with Crippen molar-refractivity contribution in [3.63, 3.8) is 0 Å². The van der Waals surface area contributed by atoms with Gasteiger partial charge in [0.2, 0.25) is 0 Å². The molecule has 2 nitrogen and oxygen atoms in total. The zero-order chi connectivity index (χ0) is 7.82. The lowest BCUT2D eigenvalue weighted by atomic mass is 10.4. The molecular formula is C7H11BrO2. The SMILES string of the molecule is CC(=O)OCCC=CCBr. The van der Waals surface area contributed by atoms with E-state index >= 15 is 0 Å². The van der Waals surface area contributed by atoms with Gasteiger partial charge in [0.25, 0.3) is 0 Å². The van der Waals surface area contributed by atoms with E-state index in [1.54, 1.807) is 0 Å². The molecular weight excluding hydrogens is 196 g/mol. The molecule has 0 bridgehead atoms. The van der Waals surface area contributed by atoms with Crippen molar-refractivity contribution in [3.8, 4) is 0 Å². The Morgan fingerprint density at radius 1 is 1.60 bits per heavy atom. The first kappa shape index (κ1) is 9.69. The molecule has 0 unspecified atom stereocenters. The quantitative estimate of drug-likeness (QED) is 0.304. The Labute approximate surface area is 69.4 Å². The molecule has 0 amide bonds. The van der Waals surface area contributed by atoms with Crippen LogP contribution in [-0.4, -0.2) is 17.9 Å². The second-order valence-corrected chi connectivity index (χ2v) is 2.40. The van der Waals surface area contributed by atoms with E-state index in [1.165, 1.54) is 6.92 Å². The summed E-state index contributed by atoms with van der Waals surface area (Å²) in [7, 11) is 0. The van der Waals surface area contributed by atoms with Crippen LogP contribution in [0.5, 0.6) is 0 Å². The number of ether oxygens (including phenoxy) is 1. The Morgan fingerprint density at radius 3 is 2.80 bits per heavy atom. The maximum Gasteiger partial charge on any atom is 0.302 e. The fourth-order valence-electron chi connectivity index (χ4n) is 0.452. The minimum atomic E-state index is -0.216. The Kier molecular flexibility index (Phi) is 6.59. The number of hydrogen-bond donors (Lipinski definition) is 0. The molecule has 0 saturated carbocycles. The first-order valence-corrected chi connectivity index (χ1v) is 4.24. The summed E-state index contributed by atoms with van der Waals surface area (Å²) < 4.78 is 4.68. The van der Waals surface area contributed by atoms with Gasteiger partial charge in [0.1, 0.15) is 0 Å². The number of rotatable bonds is 4. The lowest BCUT2D eigenvalue weighted by Gasteiger charge is -1.95. The van der Waals surface area contributed by atoms with Gasteiger partial charge in [0.15, 0.2) is 0 Å². The van der Waals surface area contributed by atoms with Crippen molar-refractivity contribution in [3.05, 3.63) is 12.2 Å². The van der Waals surface area contributed by atoms with E-state index in [0.717, 1.165) is 11.8 Å². The number of hydrogen-bond acceptors (Lipinski definition) is 2. The van der Waals surface area contributed by atoms with Crippen LogP contribution in [0.2, 0.25) is 0 Å². The summed E-state index contributed by atoms with van der Waals surface area (Å²) in [5.74, 6) is -0.216. The molecule has 3 heteroatoms. The number of carbonyl (C=O) groups excluding carboxylic acids is 1. The molecule has 10 heavy (non-hydrogen) atoms. The smallest absolute Gasteiger partial charge is 0.302 e. The van der Waals surface area contributed by atoms with Crippen molar-refractivity contribution in [1.82, 2.24) is 0 Å². The molecule has 0 aliphatic heterocycles. The summed E-state index contributed by atoms with van der Waals surface area (Å²) in [4.78, 5) is 10.2. The van der Waals surface area contributed by atoms with E-state index in [4.69, 9.17) is 0 Å². The van der Waals surface area contributed by atoms with Crippen LogP contribution in [0.4, 0.5) is 0 Å². The second kappa shape index (κ2) is 6.81. The van der Waals surface area contributed by atoms with Crippen molar-refractivity contribution in [2.24, 2.45) is 0 Å². The van der Waals surface area contributed by atoms with Gasteiger partial charge in [-0.15, -0.1) is 0 Å². The highest BCUT2D eigenvalue weighted by molar-refractivity contribution is 9.09. The first-order valence-electron chi connectivity index (χ1n) is 3.11. The number of carbonyl (C=O) groups is 1. The monoisotopic (exact) mass is 206 g/mol. The molecule has 0 spiro atoms. The average Bonchev–Trinajstić information content (AvgIpc) is 1.87. The fraction of sp³-hybridized carbons (Fsp3) is 0.571. The van der Waals surface area contributed by atoms with Crippen molar-refractivity contribution in [2.45, 2.75) is 13.3 Å². The van der Waals surface area contributed by atoms with Crippen LogP contribution in [0.15, 0.2) is 12.2 Å². The van der Waals surface area contributed by atoms with E-state index in [9.17, 15) is 4.79 Å². The van der Waals surface area contributed by atoms with Gasteiger partial charge < -0.3 is 4.74 Å². The molecule has 0 aromatic rings. The molecule has 0 aliphatic rings. The van der Waals surface area contributed by atoms with Gasteiger partial charge in [-0.3, -0.25) is 4.79 Å². The van der Waals surface area contributed by atoms with Gasteiger partial charge in [0.05, 0.1) is 6.61 Å². The number of halogens is 1. The normalized spacial score (nSPS) is 10.2. The summed E-state index contributed by atoms with van der Waals surface area (Å²) in [5, 5.41) is 0.854. The van der Waals surface area contributed by atoms with Gasteiger partial charge in [-0.1, -0.05) is 28.1 Å². The molecule has 0 aliphatic carbocycles. The van der Waals surface area contributed by atoms with Crippen LogP contribution in [-0.2, 0) is 9.53 Å². The third-order valence-corrected chi connectivity index (χ3v) is 1.22. The molecule has 0 radical (unpaired) electrons. The summed E-state index contributed by atoms with van der Waals surface area (Å²) in [5.41, 5.74) is 0. The number of esters is 1. The van der Waals surface area contributed by atoms with Crippen LogP contribution in [0.25, 0.3) is 0 Å². The molecule has 0 fully saturated rings. The van der Waals surface area contributed by atoms with Gasteiger partial charge in [-0.05, 0) is 6.42 Å². The number of allylic oxidation sites excluding steroid dienone is 1. The standard InChI is InChI=1S/C7H11BrO2/c1-7(9)10-6-4-2-3-5-8/h2-3H,4-6H2,1H3. The molecule has 0 aromatic carbocycles. The summed E-state index contributed by atoms with van der Waals surface area (Å²) in [6.45, 7) is 1.90. The number of alkyl halides is 1. The summed E-state index contributed by atoms with van der Waals surface area (Å²) >= 11 is 3.24. The molecule has 0 N–H and O–H groups in total. The van der Waals surface area contributed by atoms with Crippen molar-refractivity contribution < 1.29 is 9.53 Å². The zero-order valence-electron chi connectivity index (χ0n) is 5.97. The topological polar surface area (TPSA) is 26.3 Å². The van der Waals surface area contributed by atoms with Gasteiger partial charge in [0, 0.05) is 12.3 Å². The lowest BCUT2D eigenvalue weighted by molar-refractivity contribution is -0.140. The first-order chi connectivity index (χ1) is 4.77. The highest BCUT2D eigenvalue weighted by atomic mass is 79.9. The average molecular weight is 207 g/mol. The van der Waals surface area contributed by atoms with Crippen LogP contribution in [0, 0.1) is 0 Å². The minimum Gasteiger partial charge on any atom is -0.466 e. The van der Waals surface area contributed by atoms with Crippen LogP contribution in [0.3, 0.4) is 0 Å². The Hall–Kier alpha value is -0.310. The minimum absolute atomic E-state index is 0.216. The predicted molar refractivity (Wildman–Crippen MR) is 44.2 cm³/mol. The molecule has 0 saturated heterocycles. The van der Waals surface area contributed by atoms with Crippen molar-refractivity contribution in [2.75, 3.05) is 11.9 Å². The lowest BCUT2D eigenvalue weighted by Crippen LogP contribution is -1.98. The highest BCUT2D eigenvalue weighted by Crippen LogP contribution is 1.88. The van der Waals surface area contributed by atoms with Crippen molar-refractivity contribution in [1.29, 1.82) is 0 Å². The molecule has 0 rings (SSSR count). The van der Waals surface area contributed by atoms with Gasteiger partial charge in [-0.2, -0.15) is 0 Å². The third kappa shape index (κ3) is 7.69. The Bertz CT molecular complexity index is 121. The summed E-state index contributed by atoms with van der Waals surface area (Å²) in [6.07, 6.45) is 4.74. The van der Waals surface area contributed by atoms with Crippen LogP contribution >= 0.6 is 15.9 Å². The summed E-state index contributed by atoms with van der Waals surface area (Å²) in [6, 6.07) is 0. The molecule has 0 atom stereocenters. The Balaban J connectivity index is 3.05. The van der Waals surface area contributed by atoms with E-state index in [1.807, 2.05) is 12.2 Å². The van der Waals surface area contributed by atoms with E-state index in [2.05, 4.69) is 20.7 Å². The van der Waals surface area contributed by atoms with Crippen molar-refractivity contribution >= 4 is 21.9 Å². The third-order valence-electron chi connectivity index (χ3n) is 0.846. The van der Waals surface area contributed by atoms with Crippen LogP contribution in [0.1, 0.15) is 13.3 Å². The maximum absolute atomic E-state index is 10.2. The highest BCUT2D eigenvalue weighted by Gasteiger charge is 1.87. The van der Waals surface area contributed by atoms with Gasteiger partial charge >= 0.3 is 5.97 Å². The van der Waals surface area contributed by atoms with E-state index in [0.29, 0.717) is 6.61 Å². The molecule has 58 valence electrons.